The van der Waals surface area contributed by atoms with Crippen LogP contribution in [0.4, 0.5) is 0 Å². The van der Waals surface area contributed by atoms with E-state index in [-0.39, 0.29) is 0 Å². The van der Waals surface area contributed by atoms with E-state index in [1.807, 2.05) is 0 Å². The maximum Gasteiger partial charge on any atom is 0.241 e. The largest absolute Gasteiger partial charge is 0.296 e. The fourth-order valence-corrected chi connectivity index (χ4v) is 0.647. The molecule has 5 heteroatoms. The van der Waals surface area contributed by atoms with Gasteiger partial charge in [-0.3, -0.25) is 14.4 Å². The minimum atomic E-state index is -2.20. The first-order chi connectivity index (χ1) is 4.80. The minimum Gasteiger partial charge on any atom is -0.296 e. The van der Waals surface area contributed by atoms with Crippen molar-refractivity contribution in [2.45, 2.75) is 18.2 Å². The van der Waals surface area contributed by atoms with Crippen LogP contribution < -0.4 is 0 Å². The minimum absolute atomic E-state index is 0.749. The van der Waals surface area contributed by atoms with E-state index in [0.717, 1.165) is 13.8 Å². The van der Waals surface area contributed by atoms with Gasteiger partial charge in [-0.25, -0.2) is 0 Å². The molecular weight excluding hydrogens is 191 g/mol. The molecule has 0 aliphatic heterocycles. The summed E-state index contributed by atoms with van der Waals surface area (Å²) in [6, 6.07) is 0. The average Bonchev–Trinajstić information content (AvgIpc) is 1.85. The molecule has 0 rings (SSSR count). The molecule has 0 saturated carbocycles. The summed E-state index contributed by atoms with van der Waals surface area (Å²) < 4.78 is -2.20. The molecule has 0 radical (unpaired) electrons. The zero-order valence-electron chi connectivity index (χ0n) is 5.98. The highest BCUT2D eigenvalue weighted by Gasteiger charge is 2.41. The molecule has 0 aromatic carbocycles. The summed E-state index contributed by atoms with van der Waals surface area (Å²) in [5.41, 5.74) is 0. The number of hydrogen-bond donors (Lipinski definition) is 0. The number of hydrogen-bond acceptors (Lipinski definition) is 3. The third-order valence-electron chi connectivity index (χ3n) is 1.05. The van der Waals surface area contributed by atoms with Crippen LogP contribution in [0.5, 0.6) is 0 Å². The second-order valence-electron chi connectivity index (χ2n) is 2.02. The van der Waals surface area contributed by atoms with Gasteiger partial charge in [-0.15, -0.1) is 0 Å². The summed E-state index contributed by atoms with van der Waals surface area (Å²) in [7, 11) is 0. The van der Waals surface area contributed by atoms with Gasteiger partial charge >= 0.3 is 0 Å². The fraction of sp³-hybridized carbons (Fsp3) is 0.500. The molecule has 0 aromatic heterocycles. The monoisotopic (exact) mass is 196 g/mol. The Morgan fingerprint density at radius 3 is 1.55 bits per heavy atom. The lowest BCUT2D eigenvalue weighted by atomic mass is 10.1. The van der Waals surface area contributed by atoms with Crippen molar-refractivity contribution in [2.75, 3.05) is 0 Å². The van der Waals surface area contributed by atoms with Gasteiger partial charge in [0.05, 0.1) is 0 Å². The topological polar surface area (TPSA) is 51.2 Å². The van der Waals surface area contributed by atoms with Gasteiger partial charge < -0.3 is 0 Å². The molecule has 0 aliphatic rings. The van der Waals surface area contributed by atoms with Gasteiger partial charge in [0.2, 0.25) is 10.1 Å². The summed E-state index contributed by atoms with van der Waals surface area (Å²) in [6.07, 6.45) is 0. The number of Topliss-reactive ketones (excluding diaryl/α,β-unsaturated/α-hetero) is 3. The number of carbonyl (C=O) groups is 3. The maximum atomic E-state index is 10.8. The SMILES string of the molecule is CC(=O)C(=O)C(Cl)(Cl)C(C)=O. The second-order valence-corrected chi connectivity index (χ2v) is 3.34. The van der Waals surface area contributed by atoms with Crippen molar-refractivity contribution in [3.8, 4) is 0 Å². The van der Waals surface area contributed by atoms with E-state index in [1.165, 1.54) is 0 Å². The first-order valence-electron chi connectivity index (χ1n) is 2.74. The Kier molecular flexibility index (Phi) is 3.20. The highest BCUT2D eigenvalue weighted by Crippen LogP contribution is 2.23. The standard InChI is InChI=1S/C6H6Cl2O3/c1-3(9)5(11)6(7,8)4(2)10/h1-2H3. The summed E-state index contributed by atoms with van der Waals surface area (Å²) in [6.45, 7) is 2.05. The van der Waals surface area contributed by atoms with E-state index < -0.39 is 21.7 Å². The molecule has 0 amide bonds. The van der Waals surface area contributed by atoms with Crippen LogP contribution in [-0.2, 0) is 14.4 Å². The molecule has 0 heterocycles. The van der Waals surface area contributed by atoms with Crippen molar-refractivity contribution in [3.05, 3.63) is 0 Å². The van der Waals surface area contributed by atoms with Crippen LogP contribution in [0.1, 0.15) is 13.8 Å². The Morgan fingerprint density at radius 1 is 1.09 bits per heavy atom. The lowest BCUT2D eigenvalue weighted by Crippen LogP contribution is -2.37. The summed E-state index contributed by atoms with van der Waals surface area (Å²) in [4.78, 5) is 31.8. The molecule has 0 unspecified atom stereocenters. The van der Waals surface area contributed by atoms with E-state index in [4.69, 9.17) is 23.2 Å². The summed E-state index contributed by atoms with van der Waals surface area (Å²) in [5, 5.41) is 0. The predicted molar refractivity (Wildman–Crippen MR) is 40.8 cm³/mol. The van der Waals surface area contributed by atoms with Gasteiger partial charge in [0.25, 0.3) is 0 Å². The normalized spacial score (nSPS) is 10.9. The Bertz CT molecular complexity index is 220. The third kappa shape index (κ3) is 2.27. The Hall–Kier alpha value is -0.410. The van der Waals surface area contributed by atoms with E-state index >= 15 is 0 Å². The van der Waals surface area contributed by atoms with Crippen LogP contribution in [0, 0.1) is 0 Å². The van der Waals surface area contributed by atoms with E-state index in [2.05, 4.69) is 0 Å². The molecule has 0 bridgehead atoms. The van der Waals surface area contributed by atoms with Crippen LogP contribution in [0.2, 0.25) is 0 Å². The molecule has 0 spiro atoms. The van der Waals surface area contributed by atoms with Gasteiger partial charge in [-0.1, -0.05) is 23.2 Å². The molecule has 0 atom stereocenters. The Labute approximate surface area is 73.7 Å². The lowest BCUT2D eigenvalue weighted by Gasteiger charge is -2.10. The van der Waals surface area contributed by atoms with Gasteiger partial charge in [0.15, 0.2) is 11.6 Å². The number of halogens is 2. The van der Waals surface area contributed by atoms with Crippen molar-refractivity contribution in [1.29, 1.82) is 0 Å². The smallest absolute Gasteiger partial charge is 0.241 e. The molecule has 3 nitrogen and oxygen atoms in total. The fourth-order valence-electron chi connectivity index (χ4n) is 0.381. The quantitative estimate of drug-likeness (QED) is 0.383. The van der Waals surface area contributed by atoms with Gasteiger partial charge in [0.1, 0.15) is 0 Å². The lowest BCUT2D eigenvalue weighted by molar-refractivity contribution is -0.138. The highest BCUT2D eigenvalue weighted by atomic mass is 35.5. The van der Waals surface area contributed by atoms with E-state index in [1.54, 1.807) is 0 Å². The second kappa shape index (κ2) is 3.32. The highest BCUT2D eigenvalue weighted by molar-refractivity contribution is 6.74. The average molecular weight is 197 g/mol. The number of carbonyl (C=O) groups excluding carboxylic acids is 3. The number of ketones is 3. The molecule has 0 aromatic rings. The van der Waals surface area contributed by atoms with Gasteiger partial charge in [-0.2, -0.15) is 0 Å². The Morgan fingerprint density at radius 2 is 1.45 bits per heavy atom. The third-order valence-corrected chi connectivity index (χ3v) is 1.92. The maximum absolute atomic E-state index is 10.8. The van der Waals surface area contributed by atoms with Crippen LogP contribution >= 0.6 is 23.2 Å². The van der Waals surface area contributed by atoms with Crippen LogP contribution in [0.25, 0.3) is 0 Å². The van der Waals surface area contributed by atoms with Crippen molar-refractivity contribution in [2.24, 2.45) is 0 Å². The zero-order valence-corrected chi connectivity index (χ0v) is 7.49. The van der Waals surface area contributed by atoms with Crippen molar-refractivity contribution in [1.82, 2.24) is 0 Å². The Balaban J connectivity index is 4.70. The number of alkyl halides is 2. The first-order valence-corrected chi connectivity index (χ1v) is 3.50. The van der Waals surface area contributed by atoms with Crippen LogP contribution in [0.3, 0.4) is 0 Å². The molecule has 62 valence electrons. The van der Waals surface area contributed by atoms with E-state index in [9.17, 15) is 14.4 Å². The predicted octanol–water partition coefficient (Wildman–Crippen LogP) is 0.907. The number of rotatable bonds is 3. The van der Waals surface area contributed by atoms with Gasteiger partial charge in [-0.05, 0) is 6.92 Å². The first kappa shape index (κ1) is 10.6. The van der Waals surface area contributed by atoms with Crippen molar-refractivity contribution in [3.63, 3.8) is 0 Å². The zero-order chi connectivity index (χ0) is 9.23. The van der Waals surface area contributed by atoms with E-state index in [0.29, 0.717) is 0 Å². The molecule has 0 aliphatic carbocycles. The van der Waals surface area contributed by atoms with Crippen molar-refractivity contribution < 1.29 is 14.4 Å². The summed E-state index contributed by atoms with van der Waals surface area (Å²) in [5.74, 6) is -2.67. The molecule has 0 fully saturated rings. The van der Waals surface area contributed by atoms with Gasteiger partial charge in [0, 0.05) is 6.92 Å². The summed E-state index contributed by atoms with van der Waals surface area (Å²) >= 11 is 10.5. The van der Waals surface area contributed by atoms with Crippen molar-refractivity contribution >= 4 is 40.6 Å². The van der Waals surface area contributed by atoms with Crippen LogP contribution in [-0.4, -0.2) is 21.7 Å². The molecule has 0 saturated heterocycles. The molecular formula is C6H6Cl2O3. The molecule has 11 heavy (non-hydrogen) atoms. The molecule has 0 N–H and O–H groups in total. The van der Waals surface area contributed by atoms with Crippen LogP contribution in [0.15, 0.2) is 0 Å².